The van der Waals surface area contributed by atoms with Crippen LogP contribution in [-0.4, -0.2) is 37.2 Å². The van der Waals surface area contributed by atoms with Gasteiger partial charge in [-0.3, -0.25) is 14.4 Å². The van der Waals surface area contributed by atoms with E-state index in [9.17, 15) is 14.4 Å². The summed E-state index contributed by atoms with van der Waals surface area (Å²) >= 11 is 0. The molecule has 0 fully saturated rings. The Kier molecular flexibility index (Phi) is 36.9. The highest BCUT2D eigenvalue weighted by Gasteiger charge is 2.19. The standard InChI is InChI=1S/C42H80O6/c1-4-7-10-13-15-17-19-21-23-25-27-30-32-35-41(44)47-38-39(48-42(45)36-33-28-12-9-6-3)37-46-40(43)34-31-29-26-24-22-20-18-16-14-11-8-5-2/h39H,4-38H2,1-3H3/t39-/m1/s1. The van der Waals surface area contributed by atoms with Gasteiger partial charge >= 0.3 is 17.9 Å². The topological polar surface area (TPSA) is 78.9 Å². The van der Waals surface area contributed by atoms with E-state index in [-0.39, 0.29) is 31.1 Å². The van der Waals surface area contributed by atoms with Gasteiger partial charge in [0.1, 0.15) is 13.2 Å². The largest absolute Gasteiger partial charge is 0.462 e. The third-order valence-corrected chi connectivity index (χ3v) is 9.36. The molecule has 0 aromatic carbocycles. The van der Waals surface area contributed by atoms with Crippen molar-refractivity contribution >= 4 is 17.9 Å². The number of rotatable bonds is 38. The van der Waals surface area contributed by atoms with Crippen LogP contribution < -0.4 is 0 Å². The van der Waals surface area contributed by atoms with Crippen molar-refractivity contribution in [2.75, 3.05) is 13.2 Å². The van der Waals surface area contributed by atoms with Gasteiger partial charge in [-0.05, 0) is 19.3 Å². The summed E-state index contributed by atoms with van der Waals surface area (Å²) in [7, 11) is 0. The van der Waals surface area contributed by atoms with Gasteiger partial charge in [0.25, 0.3) is 0 Å². The molecule has 0 bridgehead atoms. The lowest BCUT2D eigenvalue weighted by atomic mass is 10.0. The number of hydrogen-bond acceptors (Lipinski definition) is 6. The van der Waals surface area contributed by atoms with E-state index in [0.29, 0.717) is 19.3 Å². The molecule has 48 heavy (non-hydrogen) atoms. The Hall–Kier alpha value is -1.59. The number of carbonyl (C=O) groups is 3. The molecule has 0 aliphatic rings. The number of esters is 3. The van der Waals surface area contributed by atoms with Crippen molar-refractivity contribution in [2.45, 2.75) is 239 Å². The normalized spacial score (nSPS) is 11.8. The van der Waals surface area contributed by atoms with Crippen LogP contribution in [0.3, 0.4) is 0 Å². The lowest BCUT2D eigenvalue weighted by Gasteiger charge is -2.18. The van der Waals surface area contributed by atoms with E-state index in [1.807, 2.05) is 0 Å². The van der Waals surface area contributed by atoms with Crippen molar-refractivity contribution in [3.63, 3.8) is 0 Å². The van der Waals surface area contributed by atoms with Gasteiger partial charge in [-0.1, -0.05) is 194 Å². The van der Waals surface area contributed by atoms with Crippen molar-refractivity contribution in [1.82, 2.24) is 0 Å². The minimum Gasteiger partial charge on any atom is -0.462 e. The third kappa shape index (κ3) is 35.7. The van der Waals surface area contributed by atoms with Gasteiger partial charge in [-0.15, -0.1) is 0 Å². The van der Waals surface area contributed by atoms with E-state index in [0.717, 1.165) is 64.2 Å². The van der Waals surface area contributed by atoms with Crippen molar-refractivity contribution in [2.24, 2.45) is 0 Å². The van der Waals surface area contributed by atoms with Crippen LogP contribution in [0.1, 0.15) is 233 Å². The summed E-state index contributed by atoms with van der Waals surface area (Å²) in [5.41, 5.74) is 0. The SMILES string of the molecule is CCCCCCCCCCCCCCCC(=O)OC[C@@H](COC(=O)CCCCCCCCCCCCCC)OC(=O)CCCCCCC. The maximum Gasteiger partial charge on any atom is 0.306 e. The van der Waals surface area contributed by atoms with Gasteiger partial charge < -0.3 is 14.2 Å². The molecule has 0 saturated carbocycles. The van der Waals surface area contributed by atoms with Crippen molar-refractivity contribution in [3.05, 3.63) is 0 Å². The highest BCUT2D eigenvalue weighted by Crippen LogP contribution is 2.15. The zero-order chi connectivity index (χ0) is 35.2. The Morgan fingerprint density at radius 3 is 0.833 bits per heavy atom. The zero-order valence-electron chi connectivity index (χ0n) is 32.3. The van der Waals surface area contributed by atoms with E-state index in [2.05, 4.69) is 20.8 Å². The van der Waals surface area contributed by atoms with Crippen molar-refractivity contribution in [1.29, 1.82) is 0 Å². The molecule has 0 saturated heterocycles. The summed E-state index contributed by atoms with van der Waals surface area (Å²) in [5.74, 6) is -0.872. The molecule has 1 atom stereocenters. The molecule has 0 aromatic heterocycles. The number of unbranched alkanes of at least 4 members (excludes halogenated alkanes) is 27. The average Bonchev–Trinajstić information content (AvgIpc) is 3.08. The van der Waals surface area contributed by atoms with Crippen LogP contribution >= 0.6 is 0 Å². The van der Waals surface area contributed by atoms with E-state index < -0.39 is 6.10 Å². The minimum absolute atomic E-state index is 0.0647. The molecule has 0 aliphatic heterocycles. The van der Waals surface area contributed by atoms with E-state index in [4.69, 9.17) is 14.2 Å². The van der Waals surface area contributed by atoms with E-state index in [1.165, 1.54) is 128 Å². The molecule has 0 aliphatic carbocycles. The van der Waals surface area contributed by atoms with Crippen molar-refractivity contribution < 1.29 is 28.6 Å². The second kappa shape index (κ2) is 38.2. The molecule has 0 heterocycles. The second-order valence-corrected chi connectivity index (χ2v) is 14.3. The van der Waals surface area contributed by atoms with Gasteiger partial charge in [0.2, 0.25) is 0 Å². The lowest BCUT2D eigenvalue weighted by molar-refractivity contribution is -0.167. The molecule has 0 N–H and O–H groups in total. The summed E-state index contributed by atoms with van der Waals surface area (Å²) < 4.78 is 16.5. The van der Waals surface area contributed by atoms with Gasteiger partial charge in [0.15, 0.2) is 6.10 Å². The molecule has 0 amide bonds. The third-order valence-electron chi connectivity index (χ3n) is 9.36. The first kappa shape index (κ1) is 46.4. The van der Waals surface area contributed by atoms with Gasteiger partial charge in [0, 0.05) is 19.3 Å². The van der Waals surface area contributed by atoms with Crippen molar-refractivity contribution in [3.8, 4) is 0 Å². The molecule has 0 spiro atoms. The zero-order valence-corrected chi connectivity index (χ0v) is 32.3. The summed E-state index contributed by atoms with van der Waals surface area (Å²) in [5, 5.41) is 0. The minimum atomic E-state index is -0.755. The highest BCUT2D eigenvalue weighted by molar-refractivity contribution is 5.71. The lowest BCUT2D eigenvalue weighted by Crippen LogP contribution is -2.30. The first-order valence-corrected chi connectivity index (χ1v) is 21.0. The Morgan fingerprint density at radius 1 is 0.333 bits per heavy atom. The van der Waals surface area contributed by atoms with Crippen LogP contribution in [0.4, 0.5) is 0 Å². The summed E-state index contributed by atoms with van der Waals surface area (Å²) in [6.45, 7) is 6.55. The Bertz CT molecular complexity index is 708. The van der Waals surface area contributed by atoms with Gasteiger partial charge in [0.05, 0.1) is 0 Å². The monoisotopic (exact) mass is 681 g/mol. The summed E-state index contributed by atoms with van der Waals surface area (Å²) in [6.07, 6.45) is 36.8. The summed E-state index contributed by atoms with van der Waals surface area (Å²) in [6, 6.07) is 0. The number of carbonyl (C=O) groups excluding carboxylic acids is 3. The van der Waals surface area contributed by atoms with Crippen LogP contribution in [0.15, 0.2) is 0 Å². The molecule has 6 nitrogen and oxygen atoms in total. The fourth-order valence-electron chi connectivity index (χ4n) is 6.15. The predicted molar refractivity (Wildman–Crippen MR) is 201 cm³/mol. The van der Waals surface area contributed by atoms with Crippen LogP contribution in [0.25, 0.3) is 0 Å². The second-order valence-electron chi connectivity index (χ2n) is 14.3. The maximum atomic E-state index is 12.5. The van der Waals surface area contributed by atoms with Crippen LogP contribution in [-0.2, 0) is 28.6 Å². The molecule has 284 valence electrons. The Morgan fingerprint density at radius 2 is 0.562 bits per heavy atom. The molecular weight excluding hydrogens is 600 g/mol. The molecular formula is C42H80O6. The molecule has 0 radical (unpaired) electrons. The van der Waals surface area contributed by atoms with Crippen LogP contribution in [0.5, 0.6) is 0 Å². The fourth-order valence-corrected chi connectivity index (χ4v) is 6.15. The molecule has 0 unspecified atom stereocenters. The number of ether oxygens (including phenoxy) is 3. The Balaban J connectivity index is 4.17. The molecule has 0 rings (SSSR count). The predicted octanol–water partition coefficient (Wildman–Crippen LogP) is 12.9. The van der Waals surface area contributed by atoms with Crippen LogP contribution in [0.2, 0.25) is 0 Å². The molecule has 0 aromatic rings. The number of hydrogen-bond donors (Lipinski definition) is 0. The average molecular weight is 681 g/mol. The smallest absolute Gasteiger partial charge is 0.306 e. The summed E-state index contributed by atoms with van der Waals surface area (Å²) in [4.78, 5) is 37.3. The maximum absolute atomic E-state index is 12.5. The van der Waals surface area contributed by atoms with E-state index in [1.54, 1.807) is 0 Å². The first-order valence-electron chi connectivity index (χ1n) is 21.0. The highest BCUT2D eigenvalue weighted by atomic mass is 16.6. The van der Waals surface area contributed by atoms with E-state index >= 15 is 0 Å². The Labute approximate surface area is 298 Å². The fraction of sp³-hybridized carbons (Fsp3) is 0.929. The van der Waals surface area contributed by atoms with Gasteiger partial charge in [-0.25, -0.2) is 0 Å². The first-order chi connectivity index (χ1) is 23.5. The quantitative estimate of drug-likeness (QED) is 0.0367. The van der Waals surface area contributed by atoms with Crippen LogP contribution in [0, 0.1) is 0 Å². The van der Waals surface area contributed by atoms with Gasteiger partial charge in [-0.2, -0.15) is 0 Å². The molecule has 6 heteroatoms.